The maximum atomic E-state index is 13.0. The highest BCUT2D eigenvalue weighted by Gasteiger charge is 2.32. The standard InChI is InChI=1S/C21H25F3N4O3S/c22-21(23,24)15-1-6-20(25-13-15)26-16-7-11-28(12-8-16)32(30,31)19-4-2-17(3-5-19)27-10-9-18(29)14-27/h1-6,13,16,18,29H,7-12,14H2,(H,25,26)/t18-/m0/s1. The van der Waals surface area contributed by atoms with Crippen LogP contribution in [-0.4, -0.2) is 61.1 Å². The zero-order chi connectivity index (χ0) is 22.9. The Kier molecular flexibility index (Phi) is 6.33. The van der Waals surface area contributed by atoms with Gasteiger partial charge < -0.3 is 15.3 Å². The summed E-state index contributed by atoms with van der Waals surface area (Å²) in [5.74, 6) is 0.335. The van der Waals surface area contributed by atoms with Gasteiger partial charge in [-0.3, -0.25) is 0 Å². The molecular weight excluding hydrogens is 445 g/mol. The van der Waals surface area contributed by atoms with Crippen LogP contribution in [0.15, 0.2) is 47.5 Å². The highest BCUT2D eigenvalue weighted by molar-refractivity contribution is 7.89. The Balaban J connectivity index is 1.34. The number of nitrogens with zero attached hydrogens (tertiary/aromatic N) is 3. The minimum atomic E-state index is -4.43. The number of anilines is 2. The molecule has 174 valence electrons. The molecule has 4 rings (SSSR count). The van der Waals surface area contributed by atoms with Gasteiger partial charge in [0.15, 0.2) is 0 Å². The topological polar surface area (TPSA) is 85.8 Å². The molecule has 1 aromatic heterocycles. The van der Waals surface area contributed by atoms with Gasteiger partial charge in [-0.05, 0) is 55.7 Å². The van der Waals surface area contributed by atoms with Gasteiger partial charge in [-0.2, -0.15) is 17.5 Å². The number of aliphatic hydroxyl groups excluding tert-OH is 1. The highest BCUT2D eigenvalue weighted by Crippen LogP contribution is 2.30. The molecule has 0 aliphatic carbocycles. The van der Waals surface area contributed by atoms with Gasteiger partial charge in [0.05, 0.1) is 16.6 Å². The van der Waals surface area contributed by atoms with Gasteiger partial charge in [-0.15, -0.1) is 0 Å². The number of halogens is 3. The van der Waals surface area contributed by atoms with Crippen molar-refractivity contribution < 1.29 is 26.7 Å². The van der Waals surface area contributed by atoms with E-state index in [0.717, 1.165) is 24.5 Å². The third-order valence-electron chi connectivity index (χ3n) is 5.90. The van der Waals surface area contributed by atoms with Crippen LogP contribution in [0.3, 0.4) is 0 Å². The Morgan fingerprint density at radius 2 is 1.69 bits per heavy atom. The molecule has 2 fully saturated rings. The fourth-order valence-corrected chi connectivity index (χ4v) is 5.52. The summed E-state index contributed by atoms with van der Waals surface area (Å²) in [5.41, 5.74) is 0.0725. The SMILES string of the molecule is O=S(=O)(c1ccc(N2CC[C@H](O)C2)cc1)N1CCC(Nc2ccc(C(F)(F)F)cn2)CC1. The van der Waals surface area contributed by atoms with E-state index in [9.17, 15) is 26.7 Å². The first kappa shape index (κ1) is 22.8. The Morgan fingerprint density at radius 1 is 1.00 bits per heavy atom. The van der Waals surface area contributed by atoms with E-state index < -0.39 is 21.8 Å². The molecule has 0 spiro atoms. The van der Waals surface area contributed by atoms with Crippen molar-refractivity contribution in [2.24, 2.45) is 0 Å². The monoisotopic (exact) mass is 470 g/mol. The average Bonchev–Trinajstić information content (AvgIpc) is 3.20. The van der Waals surface area contributed by atoms with Gasteiger partial charge in [0, 0.05) is 44.1 Å². The Labute approximate surface area is 184 Å². The quantitative estimate of drug-likeness (QED) is 0.699. The van der Waals surface area contributed by atoms with Crippen LogP contribution in [0.4, 0.5) is 24.7 Å². The number of nitrogens with one attached hydrogen (secondary N) is 1. The molecule has 0 unspecified atom stereocenters. The van der Waals surface area contributed by atoms with E-state index in [1.807, 2.05) is 4.90 Å². The van der Waals surface area contributed by atoms with Crippen molar-refractivity contribution >= 4 is 21.5 Å². The van der Waals surface area contributed by atoms with E-state index in [0.29, 0.717) is 44.7 Å². The minimum absolute atomic E-state index is 0.0744. The largest absolute Gasteiger partial charge is 0.417 e. The number of sulfonamides is 1. The molecule has 1 atom stereocenters. The number of β-amino-alcohol motifs (C(OH)–C–C–N with tert-alkyl or cyclic N) is 1. The molecule has 2 aliphatic rings. The van der Waals surface area contributed by atoms with Gasteiger partial charge in [0.25, 0.3) is 0 Å². The molecule has 11 heteroatoms. The second-order valence-electron chi connectivity index (χ2n) is 8.13. The van der Waals surface area contributed by atoms with Gasteiger partial charge in [-0.25, -0.2) is 13.4 Å². The number of aliphatic hydroxyl groups is 1. The van der Waals surface area contributed by atoms with Crippen molar-refractivity contribution in [3.05, 3.63) is 48.2 Å². The first-order chi connectivity index (χ1) is 15.1. The number of hydrogen-bond donors (Lipinski definition) is 2. The number of aromatic nitrogens is 1. The van der Waals surface area contributed by atoms with Gasteiger partial charge in [-0.1, -0.05) is 0 Å². The number of alkyl halides is 3. The van der Waals surface area contributed by atoms with Crippen molar-refractivity contribution in [1.82, 2.24) is 9.29 Å². The third kappa shape index (κ3) is 5.00. The fourth-order valence-electron chi connectivity index (χ4n) is 4.05. The van der Waals surface area contributed by atoms with Gasteiger partial charge >= 0.3 is 6.18 Å². The lowest BCUT2D eigenvalue weighted by molar-refractivity contribution is -0.137. The molecule has 0 bridgehead atoms. The Morgan fingerprint density at radius 3 is 2.22 bits per heavy atom. The lowest BCUT2D eigenvalue weighted by atomic mass is 10.1. The van der Waals surface area contributed by atoms with E-state index in [2.05, 4.69) is 10.3 Å². The summed E-state index contributed by atoms with van der Waals surface area (Å²) in [6.45, 7) is 1.89. The number of pyridine rings is 1. The van der Waals surface area contributed by atoms with Crippen LogP contribution < -0.4 is 10.2 Å². The van der Waals surface area contributed by atoms with Crippen molar-refractivity contribution in [3.63, 3.8) is 0 Å². The number of piperidine rings is 1. The van der Waals surface area contributed by atoms with Crippen molar-refractivity contribution in [3.8, 4) is 0 Å². The predicted octanol–water partition coefficient (Wildman–Crippen LogP) is 2.94. The number of benzene rings is 1. The maximum Gasteiger partial charge on any atom is 0.417 e. The molecule has 0 amide bonds. The smallest absolute Gasteiger partial charge is 0.391 e. The van der Waals surface area contributed by atoms with Crippen LogP contribution >= 0.6 is 0 Å². The molecule has 2 aliphatic heterocycles. The second kappa shape index (κ2) is 8.87. The average molecular weight is 471 g/mol. The summed E-state index contributed by atoms with van der Waals surface area (Å²) >= 11 is 0. The molecule has 2 aromatic rings. The van der Waals surface area contributed by atoms with E-state index in [1.54, 1.807) is 24.3 Å². The van der Waals surface area contributed by atoms with Crippen molar-refractivity contribution in [1.29, 1.82) is 0 Å². The minimum Gasteiger partial charge on any atom is -0.391 e. The first-order valence-corrected chi connectivity index (χ1v) is 11.9. The molecule has 2 N–H and O–H groups in total. The second-order valence-corrected chi connectivity index (χ2v) is 10.1. The molecule has 2 saturated heterocycles. The summed E-state index contributed by atoms with van der Waals surface area (Å²) < 4.78 is 65.4. The van der Waals surface area contributed by atoms with Crippen LogP contribution in [0.5, 0.6) is 0 Å². The summed E-state index contributed by atoms with van der Waals surface area (Å²) in [5, 5.41) is 12.8. The van der Waals surface area contributed by atoms with E-state index in [4.69, 9.17) is 0 Å². The maximum absolute atomic E-state index is 13.0. The summed E-state index contributed by atoms with van der Waals surface area (Å²) in [7, 11) is -3.63. The fraction of sp³-hybridized carbons (Fsp3) is 0.476. The third-order valence-corrected chi connectivity index (χ3v) is 7.81. The highest BCUT2D eigenvalue weighted by atomic mass is 32.2. The molecule has 1 aromatic carbocycles. The number of hydrogen-bond acceptors (Lipinski definition) is 6. The molecular formula is C21H25F3N4O3S. The molecule has 7 nitrogen and oxygen atoms in total. The van der Waals surface area contributed by atoms with E-state index in [-0.39, 0.29) is 17.0 Å². The van der Waals surface area contributed by atoms with Crippen LogP contribution in [0, 0.1) is 0 Å². The van der Waals surface area contributed by atoms with Crippen LogP contribution in [0.1, 0.15) is 24.8 Å². The number of rotatable bonds is 5. The van der Waals surface area contributed by atoms with Crippen LogP contribution in [0.2, 0.25) is 0 Å². The zero-order valence-electron chi connectivity index (χ0n) is 17.3. The van der Waals surface area contributed by atoms with Gasteiger partial charge in [0.2, 0.25) is 10.0 Å². The van der Waals surface area contributed by atoms with E-state index in [1.165, 1.54) is 10.4 Å². The first-order valence-electron chi connectivity index (χ1n) is 10.5. The lowest BCUT2D eigenvalue weighted by Gasteiger charge is -2.32. The molecule has 3 heterocycles. The van der Waals surface area contributed by atoms with Crippen LogP contribution in [-0.2, 0) is 16.2 Å². The normalized spacial score (nSPS) is 21.1. The van der Waals surface area contributed by atoms with E-state index >= 15 is 0 Å². The summed E-state index contributed by atoms with van der Waals surface area (Å²) in [6, 6.07) is 8.88. The predicted molar refractivity (Wildman–Crippen MR) is 114 cm³/mol. The Hall–Kier alpha value is -2.37. The molecule has 32 heavy (non-hydrogen) atoms. The molecule has 0 saturated carbocycles. The zero-order valence-corrected chi connectivity index (χ0v) is 18.1. The van der Waals surface area contributed by atoms with Crippen molar-refractivity contribution in [2.45, 2.75) is 42.5 Å². The summed E-state index contributed by atoms with van der Waals surface area (Å²) in [6.07, 6.45) is -2.26. The molecule has 0 radical (unpaired) electrons. The van der Waals surface area contributed by atoms with Crippen molar-refractivity contribution in [2.75, 3.05) is 36.4 Å². The summed E-state index contributed by atoms with van der Waals surface area (Å²) in [4.78, 5) is 6.06. The van der Waals surface area contributed by atoms with Gasteiger partial charge in [0.1, 0.15) is 5.82 Å². The van der Waals surface area contributed by atoms with Crippen LogP contribution in [0.25, 0.3) is 0 Å². The lowest BCUT2D eigenvalue weighted by Crippen LogP contribution is -2.42. The Bertz CT molecular complexity index is 1020.